The van der Waals surface area contributed by atoms with E-state index in [-0.39, 0.29) is 0 Å². The quantitative estimate of drug-likeness (QED) is 0.936. The van der Waals surface area contributed by atoms with Crippen molar-refractivity contribution in [3.63, 3.8) is 0 Å². The Labute approximate surface area is 139 Å². The Morgan fingerprint density at radius 1 is 1.17 bits per heavy atom. The number of ether oxygens (including phenoxy) is 2. The first kappa shape index (κ1) is 15.9. The summed E-state index contributed by atoms with van der Waals surface area (Å²) >= 11 is 0. The number of amides is 3. The molecule has 0 unspecified atom stereocenters. The number of nitrogens with zero attached hydrogens (tertiary/aromatic N) is 1. The molecule has 2 aromatic carbocycles. The van der Waals surface area contributed by atoms with Gasteiger partial charge in [0.1, 0.15) is 17.4 Å². The van der Waals surface area contributed by atoms with Crippen molar-refractivity contribution in [3.8, 4) is 11.5 Å². The number of hydrogen-bond donors (Lipinski definition) is 1. The summed E-state index contributed by atoms with van der Waals surface area (Å²) < 4.78 is 10.9. The number of urea groups is 1. The molecule has 0 spiro atoms. The monoisotopic (exact) mass is 325 g/mol. The van der Waals surface area contributed by atoms with E-state index in [4.69, 9.17) is 15.2 Å². The highest BCUT2D eigenvalue weighted by molar-refractivity contribution is 6.27. The number of para-hydroxylation sites is 1. The number of hydrogen-bond acceptors (Lipinski definition) is 4. The van der Waals surface area contributed by atoms with E-state index in [9.17, 15) is 9.59 Å². The molecule has 6 heteroatoms. The molecule has 24 heavy (non-hydrogen) atoms. The van der Waals surface area contributed by atoms with E-state index in [0.717, 1.165) is 4.90 Å². The first-order valence-electron chi connectivity index (χ1n) is 7.50. The van der Waals surface area contributed by atoms with Gasteiger partial charge in [0, 0.05) is 11.1 Å². The fraction of sp³-hybridized carbons (Fsp3) is 0.167. The normalized spacial score (nSPS) is 13.8. The minimum Gasteiger partial charge on any atom is -0.497 e. The Hall–Kier alpha value is -3.02. The highest BCUT2D eigenvalue weighted by Crippen LogP contribution is 2.44. The third kappa shape index (κ3) is 2.46. The number of rotatable bonds is 4. The largest absolute Gasteiger partial charge is 0.497 e. The van der Waals surface area contributed by atoms with Gasteiger partial charge >= 0.3 is 6.03 Å². The third-order valence-corrected chi connectivity index (χ3v) is 3.81. The molecule has 6 nitrogen and oxygen atoms in total. The Kier molecular flexibility index (Phi) is 4.12. The fourth-order valence-corrected chi connectivity index (χ4v) is 2.81. The van der Waals surface area contributed by atoms with E-state index < -0.39 is 11.9 Å². The number of methoxy groups -OCH3 is 1. The molecule has 1 aliphatic heterocycles. The zero-order chi connectivity index (χ0) is 17.3. The number of anilines is 1. The van der Waals surface area contributed by atoms with Crippen LogP contribution in [0.1, 0.15) is 18.1 Å². The maximum Gasteiger partial charge on any atom is 0.326 e. The van der Waals surface area contributed by atoms with Crippen LogP contribution in [0.25, 0.3) is 0 Å². The molecular weight excluding hydrogens is 308 g/mol. The lowest BCUT2D eigenvalue weighted by molar-refractivity contribution is -0.115. The van der Waals surface area contributed by atoms with Crippen LogP contribution in [0.15, 0.2) is 42.5 Å². The average Bonchev–Trinajstić information content (AvgIpc) is 2.86. The Morgan fingerprint density at radius 2 is 1.92 bits per heavy atom. The van der Waals surface area contributed by atoms with Crippen molar-refractivity contribution in [2.45, 2.75) is 6.92 Å². The van der Waals surface area contributed by atoms with Crippen LogP contribution in [-0.2, 0) is 4.79 Å². The van der Waals surface area contributed by atoms with E-state index in [1.807, 2.05) is 19.1 Å². The highest BCUT2D eigenvalue weighted by atomic mass is 16.5. The lowest BCUT2D eigenvalue weighted by Gasteiger charge is -2.15. The summed E-state index contributed by atoms with van der Waals surface area (Å²) in [5.74, 6) is 1.05. The summed E-state index contributed by atoms with van der Waals surface area (Å²) in [4.78, 5) is 25.6. The van der Waals surface area contributed by atoms with E-state index in [2.05, 4.69) is 0 Å². The predicted octanol–water partition coefficient (Wildman–Crippen LogP) is 2.49. The number of carbonyl (C=O) groups is 2. The molecule has 3 amide bonds. The topological polar surface area (TPSA) is 81.9 Å². The molecule has 0 aromatic heterocycles. The van der Waals surface area contributed by atoms with Gasteiger partial charge in [-0.1, -0.05) is 18.2 Å². The van der Waals surface area contributed by atoms with Gasteiger partial charge in [-0.25, -0.2) is 9.69 Å². The van der Waals surface area contributed by atoms with Crippen LogP contribution < -0.4 is 20.1 Å². The van der Waals surface area contributed by atoms with Crippen LogP contribution in [0.3, 0.4) is 0 Å². The average molecular weight is 325 g/mol. The SMILES string of the molecule is CCOc1ccccc1[C]1C(=O)N(C(N)=O)c2ccc(OC)cc21. The molecule has 0 saturated carbocycles. The summed E-state index contributed by atoms with van der Waals surface area (Å²) in [7, 11) is 1.54. The van der Waals surface area contributed by atoms with Crippen LogP contribution in [-0.4, -0.2) is 25.7 Å². The van der Waals surface area contributed by atoms with E-state index in [0.29, 0.717) is 40.8 Å². The molecule has 1 radical (unpaired) electrons. The van der Waals surface area contributed by atoms with Crippen LogP contribution >= 0.6 is 0 Å². The summed E-state index contributed by atoms with van der Waals surface area (Å²) in [6.45, 7) is 2.33. The standard InChI is InChI=1S/C18H17N2O4/c1-3-24-15-7-5-4-6-12(15)16-13-10-11(23-2)8-9-14(13)20(17(16)21)18(19)22/h4-10H,3H2,1-2H3,(H2,19,22). The fourth-order valence-electron chi connectivity index (χ4n) is 2.81. The van der Waals surface area contributed by atoms with Gasteiger partial charge in [0.15, 0.2) is 0 Å². The Balaban J connectivity index is 2.19. The predicted molar refractivity (Wildman–Crippen MR) is 89.1 cm³/mol. The maximum atomic E-state index is 12.9. The summed E-state index contributed by atoms with van der Waals surface area (Å²) in [5, 5.41) is 0. The third-order valence-electron chi connectivity index (χ3n) is 3.81. The van der Waals surface area contributed by atoms with E-state index in [1.165, 1.54) is 7.11 Å². The zero-order valence-electron chi connectivity index (χ0n) is 13.4. The smallest absolute Gasteiger partial charge is 0.326 e. The summed E-state index contributed by atoms with van der Waals surface area (Å²) in [6, 6.07) is 11.4. The van der Waals surface area contributed by atoms with Gasteiger partial charge in [-0.15, -0.1) is 0 Å². The van der Waals surface area contributed by atoms with Gasteiger partial charge in [-0.3, -0.25) is 4.79 Å². The van der Waals surface area contributed by atoms with Crippen LogP contribution in [0, 0.1) is 5.92 Å². The van der Waals surface area contributed by atoms with Crippen molar-refractivity contribution in [2.24, 2.45) is 5.73 Å². The summed E-state index contributed by atoms with van der Waals surface area (Å²) in [5.41, 5.74) is 7.04. The van der Waals surface area contributed by atoms with Crippen molar-refractivity contribution in [3.05, 3.63) is 59.5 Å². The van der Waals surface area contributed by atoms with Crippen LogP contribution in [0.5, 0.6) is 11.5 Å². The molecule has 2 aromatic rings. The van der Waals surface area contributed by atoms with Crippen molar-refractivity contribution >= 4 is 17.6 Å². The number of imide groups is 1. The van der Waals surface area contributed by atoms with E-state index in [1.54, 1.807) is 30.3 Å². The number of nitrogens with two attached hydrogens (primary N) is 1. The van der Waals surface area contributed by atoms with Gasteiger partial charge in [-0.2, -0.15) is 0 Å². The molecule has 3 rings (SSSR count). The molecule has 0 saturated heterocycles. The molecule has 0 aliphatic carbocycles. The summed E-state index contributed by atoms with van der Waals surface area (Å²) in [6.07, 6.45) is 0. The number of carbonyl (C=O) groups excluding carboxylic acids is 2. The minimum atomic E-state index is -0.824. The second-order valence-electron chi connectivity index (χ2n) is 5.17. The second-order valence-corrected chi connectivity index (χ2v) is 5.17. The Bertz CT molecular complexity index is 803. The number of benzene rings is 2. The number of fused-ring (bicyclic) bond motifs is 1. The first-order valence-corrected chi connectivity index (χ1v) is 7.50. The molecule has 0 atom stereocenters. The van der Waals surface area contributed by atoms with Gasteiger partial charge < -0.3 is 15.2 Å². The molecule has 1 aliphatic rings. The van der Waals surface area contributed by atoms with Gasteiger partial charge in [0.25, 0.3) is 5.91 Å². The lowest BCUT2D eigenvalue weighted by Crippen LogP contribution is -2.39. The van der Waals surface area contributed by atoms with Crippen molar-refractivity contribution in [1.82, 2.24) is 0 Å². The molecule has 1 heterocycles. The highest BCUT2D eigenvalue weighted by Gasteiger charge is 2.43. The van der Waals surface area contributed by atoms with Gasteiger partial charge in [0.2, 0.25) is 0 Å². The van der Waals surface area contributed by atoms with Crippen molar-refractivity contribution in [1.29, 1.82) is 0 Å². The van der Waals surface area contributed by atoms with Crippen LogP contribution in [0.2, 0.25) is 0 Å². The van der Waals surface area contributed by atoms with Gasteiger partial charge in [-0.05, 0) is 31.2 Å². The molecule has 2 N–H and O–H groups in total. The molecule has 123 valence electrons. The lowest BCUT2D eigenvalue weighted by atomic mass is 9.91. The molecular formula is C18H17N2O4. The van der Waals surface area contributed by atoms with Gasteiger partial charge in [0.05, 0.1) is 19.4 Å². The molecule has 0 bridgehead atoms. The van der Waals surface area contributed by atoms with Crippen molar-refractivity contribution < 1.29 is 19.1 Å². The minimum absolute atomic E-state index is 0.367. The molecule has 0 fully saturated rings. The number of primary amides is 1. The first-order chi connectivity index (χ1) is 11.6. The van der Waals surface area contributed by atoms with Crippen molar-refractivity contribution in [2.75, 3.05) is 18.6 Å². The zero-order valence-corrected chi connectivity index (χ0v) is 13.4. The van der Waals surface area contributed by atoms with E-state index >= 15 is 0 Å². The van der Waals surface area contributed by atoms with Crippen LogP contribution in [0.4, 0.5) is 10.5 Å². The second kappa shape index (κ2) is 6.23. The maximum absolute atomic E-state index is 12.9. The Morgan fingerprint density at radius 3 is 2.58 bits per heavy atom.